The lowest BCUT2D eigenvalue weighted by Crippen LogP contribution is -2.13. The molecule has 154 valence electrons. The fourth-order valence-electron chi connectivity index (χ4n) is 4.47. The van der Waals surface area contributed by atoms with E-state index < -0.39 is 0 Å². The molecule has 0 saturated carbocycles. The van der Waals surface area contributed by atoms with Gasteiger partial charge in [0.05, 0.1) is 16.8 Å². The minimum atomic E-state index is -0.116. The summed E-state index contributed by atoms with van der Waals surface area (Å²) in [5.74, 6) is -0.116. The van der Waals surface area contributed by atoms with E-state index in [2.05, 4.69) is 65.4 Å². The van der Waals surface area contributed by atoms with Gasteiger partial charge in [0.25, 0.3) is 5.91 Å². The van der Waals surface area contributed by atoms with Crippen molar-refractivity contribution in [3.8, 4) is 11.3 Å². The maximum Gasteiger partial charge on any atom is 0.256 e. The van der Waals surface area contributed by atoms with Crippen LogP contribution >= 0.6 is 15.9 Å². The van der Waals surface area contributed by atoms with Crippen LogP contribution in [0.1, 0.15) is 39.0 Å². The SMILES string of the molecule is Cc1ccc(-c2cc(C(=O)Nc3ccc4c(c3)CCC4)c3cc(Br)ccc3n2)c(C)c1. The molecule has 0 spiro atoms. The van der Waals surface area contributed by atoms with Crippen molar-refractivity contribution < 1.29 is 4.79 Å². The summed E-state index contributed by atoms with van der Waals surface area (Å²) in [6.45, 7) is 4.16. The summed E-state index contributed by atoms with van der Waals surface area (Å²) in [5, 5.41) is 3.95. The van der Waals surface area contributed by atoms with Gasteiger partial charge >= 0.3 is 0 Å². The van der Waals surface area contributed by atoms with Crippen LogP contribution in [0.25, 0.3) is 22.2 Å². The third kappa shape index (κ3) is 3.88. The van der Waals surface area contributed by atoms with Crippen molar-refractivity contribution in [1.29, 1.82) is 0 Å². The van der Waals surface area contributed by atoms with E-state index in [-0.39, 0.29) is 5.91 Å². The molecule has 0 atom stereocenters. The van der Waals surface area contributed by atoms with Gasteiger partial charge in [-0.2, -0.15) is 0 Å². The van der Waals surface area contributed by atoms with E-state index in [9.17, 15) is 4.79 Å². The smallest absolute Gasteiger partial charge is 0.256 e. The number of carbonyl (C=O) groups is 1. The Kier molecular flexibility index (Phi) is 5.11. The first-order valence-electron chi connectivity index (χ1n) is 10.6. The molecule has 0 aliphatic heterocycles. The first-order chi connectivity index (χ1) is 15.0. The van der Waals surface area contributed by atoms with Crippen LogP contribution in [0.3, 0.4) is 0 Å². The molecule has 0 radical (unpaired) electrons. The number of hydrogen-bond donors (Lipinski definition) is 1. The third-order valence-corrected chi connectivity index (χ3v) is 6.52. The van der Waals surface area contributed by atoms with Crippen molar-refractivity contribution in [2.24, 2.45) is 0 Å². The van der Waals surface area contributed by atoms with Gasteiger partial charge in [0.2, 0.25) is 0 Å². The molecule has 1 aliphatic rings. The molecule has 5 rings (SSSR count). The van der Waals surface area contributed by atoms with Gasteiger partial charge in [-0.15, -0.1) is 0 Å². The minimum absolute atomic E-state index is 0.116. The number of amides is 1. The molecule has 0 unspecified atom stereocenters. The molecule has 3 nitrogen and oxygen atoms in total. The highest BCUT2D eigenvalue weighted by atomic mass is 79.9. The Morgan fingerprint density at radius 3 is 2.61 bits per heavy atom. The van der Waals surface area contributed by atoms with Crippen LogP contribution in [0.15, 0.2) is 65.1 Å². The Hall–Kier alpha value is -2.98. The first-order valence-corrected chi connectivity index (χ1v) is 11.4. The number of rotatable bonds is 3. The summed E-state index contributed by atoms with van der Waals surface area (Å²) in [4.78, 5) is 18.3. The fourth-order valence-corrected chi connectivity index (χ4v) is 4.83. The number of halogens is 1. The third-order valence-electron chi connectivity index (χ3n) is 6.03. The fraction of sp³-hybridized carbons (Fsp3) is 0.185. The molecule has 1 N–H and O–H groups in total. The summed E-state index contributed by atoms with van der Waals surface area (Å²) < 4.78 is 0.924. The second kappa shape index (κ2) is 7.93. The Bertz CT molecular complexity index is 1340. The molecule has 31 heavy (non-hydrogen) atoms. The molecule has 3 aromatic carbocycles. The van der Waals surface area contributed by atoms with Crippen molar-refractivity contribution in [3.63, 3.8) is 0 Å². The number of nitrogens with zero attached hydrogens (tertiary/aromatic N) is 1. The highest BCUT2D eigenvalue weighted by Gasteiger charge is 2.17. The van der Waals surface area contributed by atoms with E-state index in [1.54, 1.807) is 0 Å². The number of aromatic nitrogens is 1. The second-order valence-corrected chi connectivity index (χ2v) is 9.24. The summed E-state index contributed by atoms with van der Waals surface area (Å²) in [6, 6.07) is 20.4. The maximum atomic E-state index is 13.4. The number of nitrogens with one attached hydrogen (secondary N) is 1. The number of fused-ring (bicyclic) bond motifs is 2. The first kappa shape index (κ1) is 20.0. The van der Waals surface area contributed by atoms with Gasteiger partial charge in [0.15, 0.2) is 0 Å². The number of pyridine rings is 1. The summed E-state index contributed by atoms with van der Waals surface area (Å²) in [6.07, 6.45) is 3.40. The van der Waals surface area contributed by atoms with Gasteiger partial charge < -0.3 is 5.32 Å². The van der Waals surface area contributed by atoms with Crippen LogP contribution in [0.5, 0.6) is 0 Å². The summed E-state index contributed by atoms with van der Waals surface area (Å²) >= 11 is 3.54. The average molecular weight is 471 g/mol. The lowest BCUT2D eigenvalue weighted by atomic mass is 9.99. The quantitative estimate of drug-likeness (QED) is 0.349. The van der Waals surface area contributed by atoms with Crippen LogP contribution in [0, 0.1) is 13.8 Å². The largest absolute Gasteiger partial charge is 0.322 e. The lowest BCUT2D eigenvalue weighted by molar-refractivity contribution is 0.102. The van der Waals surface area contributed by atoms with Gasteiger partial charge in [0, 0.05) is 21.1 Å². The molecule has 1 aromatic heterocycles. The summed E-state index contributed by atoms with van der Waals surface area (Å²) in [7, 11) is 0. The maximum absolute atomic E-state index is 13.4. The molecule has 1 aliphatic carbocycles. The van der Waals surface area contributed by atoms with Crippen molar-refractivity contribution >= 4 is 38.4 Å². The number of benzene rings is 3. The van der Waals surface area contributed by atoms with Crippen LogP contribution in [-0.2, 0) is 12.8 Å². The van der Waals surface area contributed by atoms with Gasteiger partial charge in [-0.3, -0.25) is 4.79 Å². The van der Waals surface area contributed by atoms with Crippen molar-refractivity contribution in [3.05, 3.63) is 93.0 Å². The zero-order chi connectivity index (χ0) is 21.5. The normalized spacial score (nSPS) is 12.7. The molecule has 1 heterocycles. The predicted octanol–water partition coefficient (Wildman–Crippen LogP) is 7.02. The number of carbonyl (C=O) groups excluding carboxylic acids is 1. The molecule has 0 fully saturated rings. The predicted molar refractivity (Wildman–Crippen MR) is 131 cm³/mol. The van der Waals surface area contributed by atoms with E-state index >= 15 is 0 Å². The topological polar surface area (TPSA) is 42.0 Å². The minimum Gasteiger partial charge on any atom is -0.322 e. The van der Waals surface area contributed by atoms with E-state index in [1.165, 1.54) is 23.1 Å². The zero-order valence-electron chi connectivity index (χ0n) is 17.6. The van der Waals surface area contributed by atoms with E-state index in [0.717, 1.165) is 50.7 Å². The standard InChI is InChI=1S/C27H23BrN2O/c1-16-6-10-22(17(2)12-16)26-15-24(23-14-20(28)8-11-25(23)30-26)27(31)29-21-9-7-18-4-3-5-19(18)13-21/h6-15H,3-5H2,1-2H3,(H,29,31). The van der Waals surface area contributed by atoms with Gasteiger partial charge in [-0.05, 0) is 86.2 Å². The number of hydrogen-bond acceptors (Lipinski definition) is 2. The average Bonchev–Trinajstić information content (AvgIpc) is 3.21. The van der Waals surface area contributed by atoms with E-state index in [0.29, 0.717) is 5.56 Å². The Labute approximate surface area is 190 Å². The number of anilines is 1. The highest BCUT2D eigenvalue weighted by Crippen LogP contribution is 2.30. The Balaban J connectivity index is 1.60. The van der Waals surface area contributed by atoms with Crippen molar-refractivity contribution in [1.82, 2.24) is 4.98 Å². The number of aryl methyl sites for hydroxylation is 4. The molecular weight excluding hydrogens is 448 g/mol. The molecule has 4 aromatic rings. The van der Waals surface area contributed by atoms with Gasteiger partial charge in [-0.25, -0.2) is 4.98 Å². The van der Waals surface area contributed by atoms with Crippen LogP contribution in [0.4, 0.5) is 5.69 Å². The lowest BCUT2D eigenvalue weighted by Gasteiger charge is -2.13. The Morgan fingerprint density at radius 2 is 1.77 bits per heavy atom. The van der Waals surface area contributed by atoms with Crippen molar-refractivity contribution in [2.45, 2.75) is 33.1 Å². The van der Waals surface area contributed by atoms with Crippen molar-refractivity contribution in [2.75, 3.05) is 5.32 Å². The van der Waals surface area contributed by atoms with E-state index in [1.807, 2.05) is 30.3 Å². The molecular formula is C27H23BrN2O. The monoisotopic (exact) mass is 470 g/mol. The van der Waals surface area contributed by atoms with Gasteiger partial charge in [-0.1, -0.05) is 45.8 Å². The summed E-state index contributed by atoms with van der Waals surface area (Å²) in [5.41, 5.74) is 9.23. The molecule has 0 bridgehead atoms. The van der Waals surface area contributed by atoms with Crippen LogP contribution < -0.4 is 5.32 Å². The zero-order valence-corrected chi connectivity index (χ0v) is 19.2. The second-order valence-electron chi connectivity index (χ2n) is 8.33. The Morgan fingerprint density at radius 1 is 0.935 bits per heavy atom. The molecule has 4 heteroatoms. The van der Waals surface area contributed by atoms with Gasteiger partial charge in [0.1, 0.15) is 0 Å². The van der Waals surface area contributed by atoms with Crippen LogP contribution in [-0.4, -0.2) is 10.9 Å². The molecule has 0 saturated heterocycles. The highest BCUT2D eigenvalue weighted by molar-refractivity contribution is 9.10. The molecule has 1 amide bonds. The van der Waals surface area contributed by atoms with Crippen LogP contribution in [0.2, 0.25) is 0 Å². The van der Waals surface area contributed by atoms with E-state index in [4.69, 9.17) is 4.98 Å².